The molecular formula is C8H16O5. The number of aliphatic hydroxyl groups is 1. The molecule has 13 heavy (non-hydrogen) atoms. The molecule has 0 amide bonds. The zero-order chi connectivity index (χ0) is 10.7. The van der Waals surface area contributed by atoms with Gasteiger partial charge in [0.05, 0.1) is 0 Å². The van der Waals surface area contributed by atoms with Gasteiger partial charge in [0, 0.05) is 6.42 Å². The molecule has 0 aliphatic heterocycles. The Labute approximate surface area is 77.0 Å². The predicted octanol–water partition coefficient (Wildman–Crippen LogP) is 0.715. The molecule has 0 radical (unpaired) electrons. The van der Waals surface area contributed by atoms with Gasteiger partial charge in [-0.2, -0.15) is 0 Å². The number of hydrogen-bond donors (Lipinski definition) is 3. The smallest absolute Gasteiger partial charge is 0.329 e. The fraction of sp³-hybridized carbons (Fsp3) is 0.750. The maximum absolute atomic E-state index is 9.87. The van der Waals surface area contributed by atoms with E-state index >= 15 is 0 Å². The molecule has 0 aliphatic carbocycles. The Kier molecular flexibility index (Phi) is 12.1. The summed E-state index contributed by atoms with van der Waals surface area (Å²) < 4.78 is 0. The molecule has 5 nitrogen and oxygen atoms in total. The first-order chi connectivity index (χ1) is 6.04. The number of carbonyl (C=O) groups is 2. The Morgan fingerprint density at radius 3 is 1.77 bits per heavy atom. The van der Waals surface area contributed by atoms with Gasteiger partial charge >= 0.3 is 11.9 Å². The van der Waals surface area contributed by atoms with E-state index in [4.69, 9.17) is 20.1 Å². The number of unbranched alkanes of at least 4 members (excludes halogenated alkanes) is 2. The minimum absolute atomic E-state index is 0.327. The van der Waals surface area contributed by atoms with Crippen molar-refractivity contribution >= 4 is 11.9 Å². The van der Waals surface area contributed by atoms with Crippen molar-refractivity contribution in [2.24, 2.45) is 0 Å². The van der Waals surface area contributed by atoms with Crippen LogP contribution in [0.4, 0.5) is 0 Å². The van der Waals surface area contributed by atoms with Crippen molar-refractivity contribution in [2.75, 3.05) is 6.61 Å². The molecule has 0 saturated carbocycles. The second-order valence-corrected chi connectivity index (χ2v) is 2.40. The van der Waals surface area contributed by atoms with Crippen LogP contribution in [-0.4, -0.2) is 33.9 Å². The van der Waals surface area contributed by atoms with Crippen LogP contribution >= 0.6 is 0 Å². The third-order valence-electron chi connectivity index (χ3n) is 1.13. The summed E-state index contributed by atoms with van der Waals surface area (Å²) in [6.07, 6.45) is 3.28. The highest BCUT2D eigenvalue weighted by Gasteiger charge is 1.92. The molecule has 0 atom stereocenters. The molecule has 0 aromatic heterocycles. The minimum Gasteiger partial charge on any atom is -0.481 e. The van der Waals surface area contributed by atoms with E-state index in [9.17, 15) is 4.79 Å². The molecule has 3 N–H and O–H groups in total. The summed E-state index contributed by atoms with van der Waals surface area (Å²) in [5.74, 6) is -1.87. The molecule has 78 valence electrons. The Balaban J connectivity index is 0. The predicted molar refractivity (Wildman–Crippen MR) is 46.5 cm³/mol. The van der Waals surface area contributed by atoms with E-state index < -0.39 is 18.5 Å². The Bertz CT molecular complexity index is 143. The van der Waals surface area contributed by atoms with E-state index in [0.29, 0.717) is 6.42 Å². The molecule has 0 aliphatic rings. The van der Waals surface area contributed by atoms with Gasteiger partial charge < -0.3 is 15.3 Å². The van der Waals surface area contributed by atoms with Crippen molar-refractivity contribution in [3.63, 3.8) is 0 Å². The van der Waals surface area contributed by atoms with Crippen LogP contribution in [0.25, 0.3) is 0 Å². The second-order valence-electron chi connectivity index (χ2n) is 2.40. The van der Waals surface area contributed by atoms with E-state index in [1.165, 1.54) is 0 Å². The molecule has 0 unspecified atom stereocenters. The van der Waals surface area contributed by atoms with Gasteiger partial charge in [0.15, 0.2) is 0 Å². The average molecular weight is 192 g/mol. The number of carboxylic acid groups (broad SMARTS) is 2. The Hall–Kier alpha value is -1.10. The van der Waals surface area contributed by atoms with Gasteiger partial charge in [-0.05, 0) is 6.42 Å². The first kappa shape index (κ1) is 14.4. The lowest BCUT2D eigenvalue weighted by Crippen LogP contribution is -1.98. The summed E-state index contributed by atoms with van der Waals surface area (Å²) in [5.41, 5.74) is 0. The zero-order valence-electron chi connectivity index (χ0n) is 7.69. The highest BCUT2D eigenvalue weighted by Crippen LogP contribution is 1.97. The summed E-state index contributed by atoms with van der Waals surface area (Å²) in [7, 11) is 0. The minimum atomic E-state index is -1.19. The summed E-state index contributed by atoms with van der Waals surface area (Å²) in [4.78, 5) is 19.0. The number of rotatable bonds is 5. The van der Waals surface area contributed by atoms with Crippen molar-refractivity contribution in [3.05, 3.63) is 0 Å². The molecule has 0 bridgehead atoms. The van der Waals surface area contributed by atoms with Crippen LogP contribution in [-0.2, 0) is 9.59 Å². The van der Waals surface area contributed by atoms with Crippen LogP contribution in [0.2, 0.25) is 0 Å². The van der Waals surface area contributed by atoms with Gasteiger partial charge in [0.1, 0.15) is 6.61 Å². The highest BCUT2D eigenvalue weighted by atomic mass is 16.4. The van der Waals surface area contributed by atoms with Crippen molar-refractivity contribution in [2.45, 2.75) is 32.6 Å². The lowest BCUT2D eigenvalue weighted by atomic mass is 10.2. The highest BCUT2D eigenvalue weighted by molar-refractivity contribution is 5.67. The van der Waals surface area contributed by atoms with Gasteiger partial charge in [-0.15, -0.1) is 0 Å². The molecule has 5 heteroatoms. The van der Waals surface area contributed by atoms with E-state index in [2.05, 4.69) is 6.92 Å². The van der Waals surface area contributed by atoms with Crippen molar-refractivity contribution < 1.29 is 24.9 Å². The molecule has 0 aromatic carbocycles. The molecule has 0 heterocycles. The van der Waals surface area contributed by atoms with Crippen molar-refractivity contribution in [1.29, 1.82) is 0 Å². The van der Waals surface area contributed by atoms with Crippen LogP contribution in [0.5, 0.6) is 0 Å². The Morgan fingerprint density at radius 2 is 1.54 bits per heavy atom. The lowest BCUT2D eigenvalue weighted by molar-refractivity contribution is -0.140. The Morgan fingerprint density at radius 1 is 1.08 bits per heavy atom. The zero-order valence-corrected chi connectivity index (χ0v) is 7.69. The lowest BCUT2D eigenvalue weighted by Gasteiger charge is -1.89. The van der Waals surface area contributed by atoms with E-state index in [1.54, 1.807) is 0 Å². The van der Waals surface area contributed by atoms with Crippen LogP contribution in [0.15, 0.2) is 0 Å². The summed E-state index contributed by atoms with van der Waals surface area (Å²) in [6, 6.07) is 0. The molecule has 0 rings (SSSR count). The third-order valence-corrected chi connectivity index (χ3v) is 1.13. The number of carboxylic acids is 2. The van der Waals surface area contributed by atoms with Crippen LogP contribution in [0.3, 0.4) is 0 Å². The molecular weight excluding hydrogens is 176 g/mol. The van der Waals surface area contributed by atoms with E-state index in [-0.39, 0.29) is 0 Å². The first-order valence-electron chi connectivity index (χ1n) is 4.09. The van der Waals surface area contributed by atoms with Crippen molar-refractivity contribution in [1.82, 2.24) is 0 Å². The monoisotopic (exact) mass is 192 g/mol. The largest absolute Gasteiger partial charge is 0.481 e. The fourth-order valence-electron chi connectivity index (χ4n) is 0.526. The van der Waals surface area contributed by atoms with E-state index in [0.717, 1.165) is 19.3 Å². The SMILES string of the molecule is CCCCCC(=O)O.O=C(O)CO. The maximum Gasteiger partial charge on any atom is 0.329 e. The van der Waals surface area contributed by atoms with Gasteiger partial charge in [-0.1, -0.05) is 19.8 Å². The van der Waals surface area contributed by atoms with Crippen LogP contribution in [0.1, 0.15) is 32.6 Å². The van der Waals surface area contributed by atoms with Crippen LogP contribution < -0.4 is 0 Å². The normalized spacial score (nSPS) is 8.46. The second kappa shape index (κ2) is 10.9. The summed E-state index contributed by atoms with van der Waals surface area (Å²) >= 11 is 0. The topological polar surface area (TPSA) is 94.8 Å². The fourth-order valence-corrected chi connectivity index (χ4v) is 0.526. The quantitative estimate of drug-likeness (QED) is 0.558. The molecule has 0 aromatic rings. The number of aliphatic carboxylic acids is 2. The molecule has 0 spiro atoms. The maximum atomic E-state index is 9.87. The number of aliphatic hydroxyl groups excluding tert-OH is 1. The van der Waals surface area contributed by atoms with E-state index in [1.807, 2.05) is 0 Å². The van der Waals surface area contributed by atoms with Crippen LogP contribution in [0, 0.1) is 0 Å². The third kappa shape index (κ3) is 24.8. The number of hydrogen-bond acceptors (Lipinski definition) is 3. The summed E-state index contributed by atoms with van der Waals surface area (Å²) in [6.45, 7) is 1.28. The first-order valence-corrected chi connectivity index (χ1v) is 4.09. The van der Waals surface area contributed by atoms with Gasteiger partial charge in [0.2, 0.25) is 0 Å². The average Bonchev–Trinajstić information content (AvgIpc) is 2.05. The van der Waals surface area contributed by atoms with Crippen molar-refractivity contribution in [3.8, 4) is 0 Å². The van der Waals surface area contributed by atoms with Gasteiger partial charge in [-0.3, -0.25) is 4.79 Å². The van der Waals surface area contributed by atoms with Gasteiger partial charge in [0.25, 0.3) is 0 Å². The van der Waals surface area contributed by atoms with Gasteiger partial charge in [-0.25, -0.2) is 4.79 Å². The summed E-state index contributed by atoms with van der Waals surface area (Å²) in [5, 5.41) is 23.2. The molecule has 0 fully saturated rings. The molecule has 0 saturated heterocycles. The standard InChI is InChI=1S/C6H12O2.C2H4O3/c1-2-3-4-5-6(7)8;3-1-2(4)5/h2-5H2,1H3,(H,7,8);3H,1H2,(H,4,5).